The average Bonchev–Trinajstić information content (AvgIpc) is 2.64. The topological polar surface area (TPSA) is 70.1 Å². The second kappa shape index (κ2) is 9.39. The summed E-state index contributed by atoms with van der Waals surface area (Å²) < 4.78 is 0. The van der Waals surface area contributed by atoms with E-state index in [2.05, 4.69) is 33.8 Å². The molecule has 0 radical (unpaired) electrons. The third-order valence-corrected chi connectivity index (χ3v) is 3.63. The quantitative estimate of drug-likeness (QED) is 0.612. The van der Waals surface area contributed by atoms with E-state index >= 15 is 0 Å². The fraction of sp³-hybridized carbons (Fsp3) is 0.200. The second-order valence-corrected chi connectivity index (χ2v) is 5.63. The Balaban J connectivity index is 2.14. The van der Waals surface area contributed by atoms with E-state index in [9.17, 15) is 5.11 Å². The van der Waals surface area contributed by atoms with Crippen LogP contribution in [-0.4, -0.2) is 27.7 Å². The lowest BCUT2D eigenvalue weighted by atomic mass is 10.1. The van der Waals surface area contributed by atoms with Crippen molar-refractivity contribution in [2.45, 2.75) is 19.4 Å². The van der Waals surface area contributed by atoms with Gasteiger partial charge in [-0.15, -0.1) is 0 Å². The van der Waals surface area contributed by atoms with Crippen LogP contribution in [0, 0.1) is 6.92 Å². The fourth-order valence-corrected chi connectivity index (χ4v) is 2.32. The fourth-order valence-electron chi connectivity index (χ4n) is 2.32. The molecule has 0 aliphatic carbocycles. The Morgan fingerprint density at radius 2 is 2.04 bits per heavy atom. The molecule has 5 heteroatoms. The number of nitrogens with zero attached hydrogens (tertiary/aromatic N) is 2. The Labute approximate surface area is 148 Å². The monoisotopic (exact) mass is 336 g/mol. The summed E-state index contributed by atoms with van der Waals surface area (Å²) in [5, 5.41) is 16.1. The molecule has 25 heavy (non-hydrogen) atoms. The van der Waals surface area contributed by atoms with Gasteiger partial charge in [0.2, 0.25) is 5.95 Å². The van der Waals surface area contributed by atoms with E-state index in [-0.39, 0.29) is 12.6 Å². The average molecular weight is 336 g/mol. The maximum atomic E-state index is 9.71. The summed E-state index contributed by atoms with van der Waals surface area (Å²) in [6.07, 6.45) is 7.57. The standard InChI is InChI=1S/C20H24N4O/c1-4-9-17(5-2)23-20-21-13-15(3)19(24-20)22-18(14-25)12-16-10-7-6-8-11-16/h4-11,13,18,25H,1-2,12,14H2,3H3,(H2,21,22,23,24)/b17-9+. The van der Waals surface area contributed by atoms with Crippen molar-refractivity contribution in [3.8, 4) is 0 Å². The number of aryl methyl sites for hydroxylation is 1. The normalized spacial score (nSPS) is 12.3. The Bertz CT molecular complexity index is 741. The van der Waals surface area contributed by atoms with E-state index in [1.807, 2.05) is 37.3 Å². The molecule has 2 rings (SSSR count). The van der Waals surface area contributed by atoms with Crippen molar-refractivity contribution in [3.05, 3.63) is 84.7 Å². The Morgan fingerprint density at radius 3 is 2.68 bits per heavy atom. The molecule has 0 saturated heterocycles. The number of anilines is 2. The Morgan fingerprint density at radius 1 is 1.28 bits per heavy atom. The van der Waals surface area contributed by atoms with Crippen LogP contribution in [0.3, 0.4) is 0 Å². The zero-order chi connectivity index (χ0) is 18.1. The molecular formula is C20H24N4O. The van der Waals surface area contributed by atoms with Gasteiger partial charge in [-0.1, -0.05) is 49.6 Å². The summed E-state index contributed by atoms with van der Waals surface area (Å²) in [4.78, 5) is 8.78. The first-order chi connectivity index (χ1) is 12.2. The number of rotatable bonds is 9. The molecule has 3 N–H and O–H groups in total. The highest BCUT2D eigenvalue weighted by Gasteiger charge is 2.12. The molecule has 1 unspecified atom stereocenters. The maximum absolute atomic E-state index is 9.71. The molecule has 5 nitrogen and oxygen atoms in total. The second-order valence-electron chi connectivity index (χ2n) is 5.63. The Kier molecular flexibility index (Phi) is 6.92. The van der Waals surface area contributed by atoms with E-state index in [4.69, 9.17) is 0 Å². The van der Waals surface area contributed by atoms with Crippen molar-refractivity contribution in [3.63, 3.8) is 0 Å². The predicted molar refractivity (Wildman–Crippen MR) is 104 cm³/mol. The van der Waals surface area contributed by atoms with Gasteiger partial charge in [0.05, 0.1) is 12.6 Å². The minimum atomic E-state index is -0.133. The van der Waals surface area contributed by atoms with Crippen LogP contribution >= 0.6 is 0 Å². The molecule has 0 saturated carbocycles. The molecule has 0 aliphatic rings. The lowest BCUT2D eigenvalue weighted by molar-refractivity contribution is 0.273. The highest BCUT2D eigenvalue weighted by atomic mass is 16.3. The highest BCUT2D eigenvalue weighted by molar-refractivity contribution is 5.50. The van der Waals surface area contributed by atoms with Gasteiger partial charge in [0.15, 0.2) is 0 Å². The van der Waals surface area contributed by atoms with Crippen LogP contribution in [0.2, 0.25) is 0 Å². The van der Waals surface area contributed by atoms with Gasteiger partial charge < -0.3 is 15.7 Å². The summed E-state index contributed by atoms with van der Waals surface area (Å²) in [7, 11) is 0. The highest BCUT2D eigenvalue weighted by Crippen LogP contribution is 2.16. The number of allylic oxidation sites excluding steroid dienone is 3. The van der Waals surface area contributed by atoms with Crippen molar-refractivity contribution in [1.82, 2.24) is 9.97 Å². The van der Waals surface area contributed by atoms with Gasteiger partial charge >= 0.3 is 0 Å². The van der Waals surface area contributed by atoms with Crippen LogP contribution in [0.25, 0.3) is 0 Å². The molecule has 1 aromatic heterocycles. The van der Waals surface area contributed by atoms with Gasteiger partial charge in [0.1, 0.15) is 5.82 Å². The SMILES string of the molecule is C=C/C=C(\C=C)Nc1ncc(C)c(NC(CO)Cc2ccccc2)n1. The van der Waals surface area contributed by atoms with Crippen molar-refractivity contribution >= 4 is 11.8 Å². The molecule has 2 aromatic rings. The van der Waals surface area contributed by atoms with Crippen LogP contribution in [0.4, 0.5) is 11.8 Å². The minimum Gasteiger partial charge on any atom is -0.394 e. The van der Waals surface area contributed by atoms with E-state index in [0.717, 1.165) is 16.8 Å². The maximum Gasteiger partial charge on any atom is 0.229 e. The first kappa shape index (κ1) is 18.4. The zero-order valence-corrected chi connectivity index (χ0v) is 14.4. The van der Waals surface area contributed by atoms with E-state index in [1.165, 1.54) is 0 Å². The molecule has 0 bridgehead atoms. The lowest BCUT2D eigenvalue weighted by Gasteiger charge is -2.19. The number of aromatic nitrogens is 2. The largest absolute Gasteiger partial charge is 0.394 e. The number of aliphatic hydroxyl groups is 1. The molecule has 1 aromatic carbocycles. The van der Waals surface area contributed by atoms with Crippen LogP contribution in [-0.2, 0) is 6.42 Å². The van der Waals surface area contributed by atoms with Crippen molar-refractivity contribution in [2.24, 2.45) is 0 Å². The zero-order valence-electron chi connectivity index (χ0n) is 14.4. The molecule has 130 valence electrons. The van der Waals surface area contributed by atoms with Gasteiger partial charge in [-0.2, -0.15) is 4.98 Å². The third kappa shape index (κ3) is 5.58. The summed E-state index contributed by atoms with van der Waals surface area (Å²) in [5.74, 6) is 1.15. The summed E-state index contributed by atoms with van der Waals surface area (Å²) in [6, 6.07) is 9.91. The van der Waals surface area contributed by atoms with E-state index in [1.54, 1.807) is 24.4 Å². The molecule has 0 amide bonds. The number of benzene rings is 1. The molecule has 1 atom stereocenters. The van der Waals surface area contributed by atoms with Crippen LogP contribution in [0.1, 0.15) is 11.1 Å². The first-order valence-corrected chi connectivity index (χ1v) is 8.13. The third-order valence-electron chi connectivity index (χ3n) is 3.63. The molecular weight excluding hydrogens is 312 g/mol. The lowest BCUT2D eigenvalue weighted by Crippen LogP contribution is -2.27. The van der Waals surface area contributed by atoms with Gasteiger partial charge in [0.25, 0.3) is 0 Å². The minimum absolute atomic E-state index is 0.00930. The number of hydrogen-bond acceptors (Lipinski definition) is 5. The molecule has 0 spiro atoms. The molecule has 1 heterocycles. The van der Waals surface area contributed by atoms with Gasteiger partial charge in [-0.05, 0) is 31.1 Å². The number of aliphatic hydroxyl groups excluding tert-OH is 1. The molecule has 0 fully saturated rings. The predicted octanol–water partition coefficient (Wildman–Crippen LogP) is 3.47. The summed E-state index contributed by atoms with van der Waals surface area (Å²) >= 11 is 0. The smallest absolute Gasteiger partial charge is 0.229 e. The van der Waals surface area contributed by atoms with Crippen LogP contribution in [0.5, 0.6) is 0 Å². The van der Waals surface area contributed by atoms with Crippen LogP contribution in [0.15, 0.2) is 73.6 Å². The number of nitrogens with one attached hydrogen (secondary N) is 2. The van der Waals surface area contributed by atoms with Gasteiger partial charge in [-0.3, -0.25) is 0 Å². The first-order valence-electron chi connectivity index (χ1n) is 8.13. The Hall–Kier alpha value is -2.92. The summed E-state index contributed by atoms with van der Waals surface area (Å²) in [6.45, 7) is 9.35. The van der Waals surface area contributed by atoms with Crippen molar-refractivity contribution < 1.29 is 5.11 Å². The van der Waals surface area contributed by atoms with E-state index in [0.29, 0.717) is 18.2 Å². The van der Waals surface area contributed by atoms with Gasteiger partial charge in [0, 0.05) is 17.5 Å². The van der Waals surface area contributed by atoms with E-state index < -0.39 is 0 Å². The van der Waals surface area contributed by atoms with Crippen molar-refractivity contribution in [2.75, 3.05) is 17.2 Å². The van der Waals surface area contributed by atoms with Crippen molar-refractivity contribution in [1.29, 1.82) is 0 Å². The van der Waals surface area contributed by atoms with Crippen LogP contribution < -0.4 is 10.6 Å². The molecule has 0 aliphatic heterocycles. The van der Waals surface area contributed by atoms with Gasteiger partial charge in [-0.25, -0.2) is 4.98 Å². The summed E-state index contributed by atoms with van der Waals surface area (Å²) in [5.41, 5.74) is 2.82. The number of hydrogen-bond donors (Lipinski definition) is 3.